The van der Waals surface area contributed by atoms with Gasteiger partial charge in [0.05, 0.1) is 11.9 Å². The molecule has 0 unspecified atom stereocenters. The highest BCUT2D eigenvalue weighted by atomic mass is 16.5. The number of benzene rings is 1. The van der Waals surface area contributed by atoms with Crippen LogP contribution in [0, 0.1) is 0 Å². The Morgan fingerprint density at radius 3 is 2.60 bits per heavy atom. The minimum Gasteiger partial charge on any atom is -0.482 e. The van der Waals surface area contributed by atoms with Crippen molar-refractivity contribution in [2.24, 2.45) is 0 Å². The van der Waals surface area contributed by atoms with Gasteiger partial charge < -0.3 is 16.2 Å². The van der Waals surface area contributed by atoms with Gasteiger partial charge >= 0.3 is 0 Å². The van der Waals surface area contributed by atoms with Gasteiger partial charge in [0.15, 0.2) is 11.6 Å². The molecular formula is C14H13N5O. The van der Waals surface area contributed by atoms with E-state index in [1.807, 2.05) is 36.5 Å². The minimum absolute atomic E-state index is 0.124. The molecule has 0 aliphatic rings. The second-order valence-electron chi connectivity index (χ2n) is 4.29. The molecule has 0 atom stereocenters. The van der Waals surface area contributed by atoms with Crippen LogP contribution in [-0.2, 0) is 6.61 Å². The van der Waals surface area contributed by atoms with Crippen LogP contribution in [0.1, 0.15) is 5.69 Å². The third kappa shape index (κ3) is 2.44. The Morgan fingerprint density at radius 1 is 1.00 bits per heavy atom. The van der Waals surface area contributed by atoms with Crippen LogP contribution in [0.2, 0.25) is 0 Å². The summed E-state index contributed by atoms with van der Waals surface area (Å²) in [4.78, 5) is 12.0. The second-order valence-corrected chi connectivity index (χ2v) is 4.29. The largest absolute Gasteiger partial charge is 0.482 e. The number of anilines is 2. The molecule has 6 heteroatoms. The SMILES string of the molecule is Nc1ncc(OCc2cc3ccccc3cn2)c(N)n1. The van der Waals surface area contributed by atoms with Crippen molar-refractivity contribution in [1.29, 1.82) is 0 Å². The van der Waals surface area contributed by atoms with Crippen molar-refractivity contribution in [1.82, 2.24) is 15.0 Å². The number of hydrogen-bond acceptors (Lipinski definition) is 6. The first-order valence-corrected chi connectivity index (χ1v) is 6.07. The van der Waals surface area contributed by atoms with Crippen LogP contribution in [0.15, 0.2) is 42.7 Å². The fourth-order valence-corrected chi connectivity index (χ4v) is 1.87. The Kier molecular flexibility index (Phi) is 3.04. The van der Waals surface area contributed by atoms with Crippen molar-refractivity contribution in [2.75, 3.05) is 11.5 Å². The molecule has 3 rings (SSSR count). The molecule has 1 aromatic carbocycles. The quantitative estimate of drug-likeness (QED) is 0.750. The first-order chi connectivity index (χ1) is 9.72. The summed E-state index contributed by atoms with van der Waals surface area (Å²) >= 11 is 0. The highest BCUT2D eigenvalue weighted by Crippen LogP contribution is 2.20. The average molecular weight is 267 g/mol. The molecule has 0 bridgehead atoms. The molecule has 0 aliphatic heterocycles. The molecule has 100 valence electrons. The Morgan fingerprint density at radius 2 is 1.80 bits per heavy atom. The van der Waals surface area contributed by atoms with E-state index in [1.165, 1.54) is 6.20 Å². The van der Waals surface area contributed by atoms with Gasteiger partial charge in [-0.05, 0) is 11.5 Å². The molecule has 2 aromatic heterocycles. The molecule has 2 heterocycles. The van der Waals surface area contributed by atoms with Gasteiger partial charge in [-0.25, -0.2) is 4.98 Å². The lowest BCUT2D eigenvalue weighted by Crippen LogP contribution is -2.04. The van der Waals surface area contributed by atoms with E-state index in [4.69, 9.17) is 16.2 Å². The van der Waals surface area contributed by atoms with Crippen molar-refractivity contribution < 1.29 is 4.74 Å². The van der Waals surface area contributed by atoms with E-state index in [0.717, 1.165) is 16.5 Å². The van der Waals surface area contributed by atoms with Crippen molar-refractivity contribution >= 4 is 22.5 Å². The molecule has 0 saturated heterocycles. The van der Waals surface area contributed by atoms with Crippen molar-refractivity contribution in [3.63, 3.8) is 0 Å². The Balaban J connectivity index is 1.79. The maximum atomic E-state index is 5.70. The van der Waals surface area contributed by atoms with Gasteiger partial charge in [0.2, 0.25) is 5.95 Å². The summed E-state index contributed by atoms with van der Waals surface area (Å²) in [5.41, 5.74) is 11.9. The number of nitrogens with zero attached hydrogens (tertiary/aromatic N) is 3. The maximum absolute atomic E-state index is 5.70. The fraction of sp³-hybridized carbons (Fsp3) is 0.0714. The molecule has 4 N–H and O–H groups in total. The first kappa shape index (κ1) is 12.2. The zero-order chi connectivity index (χ0) is 13.9. The van der Waals surface area contributed by atoms with Gasteiger partial charge in [0.1, 0.15) is 6.61 Å². The van der Waals surface area contributed by atoms with E-state index in [-0.39, 0.29) is 11.8 Å². The number of ether oxygens (including phenoxy) is 1. The number of pyridine rings is 1. The number of nitrogens with two attached hydrogens (primary N) is 2. The van der Waals surface area contributed by atoms with E-state index < -0.39 is 0 Å². The summed E-state index contributed by atoms with van der Waals surface area (Å²) < 4.78 is 5.56. The summed E-state index contributed by atoms with van der Waals surface area (Å²) in [6.07, 6.45) is 3.27. The van der Waals surface area contributed by atoms with Crippen LogP contribution in [-0.4, -0.2) is 15.0 Å². The number of nitrogen functional groups attached to an aromatic ring is 2. The Bertz CT molecular complexity index is 759. The van der Waals surface area contributed by atoms with Crippen LogP contribution < -0.4 is 16.2 Å². The monoisotopic (exact) mass is 267 g/mol. The smallest absolute Gasteiger partial charge is 0.222 e. The summed E-state index contributed by atoms with van der Waals surface area (Å²) in [6, 6.07) is 9.98. The van der Waals surface area contributed by atoms with E-state index in [1.54, 1.807) is 0 Å². The normalized spacial score (nSPS) is 10.6. The lowest BCUT2D eigenvalue weighted by Gasteiger charge is -2.08. The predicted octanol–water partition coefficient (Wildman–Crippen LogP) is 1.77. The topological polar surface area (TPSA) is 99.9 Å². The zero-order valence-corrected chi connectivity index (χ0v) is 10.7. The minimum atomic E-state index is 0.124. The molecule has 0 amide bonds. The lowest BCUT2D eigenvalue weighted by atomic mass is 10.1. The van der Waals surface area contributed by atoms with E-state index in [2.05, 4.69) is 15.0 Å². The van der Waals surface area contributed by atoms with Crippen LogP contribution in [0.25, 0.3) is 10.8 Å². The van der Waals surface area contributed by atoms with E-state index >= 15 is 0 Å². The Labute approximate surface area is 115 Å². The average Bonchev–Trinajstić information content (AvgIpc) is 2.46. The van der Waals surface area contributed by atoms with Gasteiger partial charge in [0.25, 0.3) is 0 Å². The third-order valence-corrected chi connectivity index (χ3v) is 2.86. The van der Waals surface area contributed by atoms with Gasteiger partial charge in [-0.1, -0.05) is 24.3 Å². The third-order valence-electron chi connectivity index (χ3n) is 2.86. The van der Waals surface area contributed by atoms with Crippen molar-refractivity contribution in [3.8, 4) is 5.75 Å². The molecule has 0 radical (unpaired) electrons. The number of rotatable bonds is 3. The predicted molar refractivity (Wildman–Crippen MR) is 76.9 cm³/mol. The van der Waals surface area contributed by atoms with Gasteiger partial charge in [-0.15, -0.1) is 0 Å². The lowest BCUT2D eigenvalue weighted by molar-refractivity contribution is 0.301. The van der Waals surface area contributed by atoms with Crippen LogP contribution in [0.4, 0.5) is 11.8 Å². The molecule has 20 heavy (non-hydrogen) atoms. The standard InChI is InChI=1S/C14H13N5O/c15-13-12(7-18-14(16)19-13)20-8-11-5-9-3-1-2-4-10(9)6-17-11/h1-7H,8H2,(H4,15,16,18,19). The first-order valence-electron chi connectivity index (χ1n) is 6.07. The molecule has 0 fully saturated rings. The summed E-state index contributed by atoms with van der Waals surface area (Å²) in [7, 11) is 0. The van der Waals surface area contributed by atoms with E-state index in [9.17, 15) is 0 Å². The van der Waals surface area contributed by atoms with Gasteiger partial charge in [-0.3, -0.25) is 4.98 Å². The summed E-state index contributed by atoms with van der Waals surface area (Å²) in [5.74, 6) is 0.742. The van der Waals surface area contributed by atoms with Crippen LogP contribution >= 0.6 is 0 Å². The van der Waals surface area contributed by atoms with Gasteiger partial charge in [-0.2, -0.15) is 4.98 Å². The number of hydrogen-bond donors (Lipinski definition) is 2. The molecule has 0 saturated carbocycles. The fourth-order valence-electron chi connectivity index (χ4n) is 1.87. The van der Waals surface area contributed by atoms with Crippen LogP contribution in [0.3, 0.4) is 0 Å². The molecule has 6 nitrogen and oxygen atoms in total. The van der Waals surface area contributed by atoms with Crippen LogP contribution in [0.5, 0.6) is 5.75 Å². The van der Waals surface area contributed by atoms with Crippen molar-refractivity contribution in [3.05, 3.63) is 48.4 Å². The summed E-state index contributed by atoms with van der Waals surface area (Å²) in [5, 5.41) is 2.20. The van der Waals surface area contributed by atoms with Crippen molar-refractivity contribution in [2.45, 2.75) is 6.61 Å². The summed E-state index contributed by atoms with van der Waals surface area (Å²) in [6.45, 7) is 0.294. The number of fused-ring (bicyclic) bond motifs is 1. The molecular weight excluding hydrogens is 254 g/mol. The Hall–Kier alpha value is -2.89. The second kappa shape index (κ2) is 5.00. The zero-order valence-electron chi connectivity index (χ0n) is 10.7. The molecule has 3 aromatic rings. The van der Waals surface area contributed by atoms with Gasteiger partial charge in [0, 0.05) is 11.6 Å². The highest BCUT2D eigenvalue weighted by Gasteiger charge is 2.05. The number of aromatic nitrogens is 3. The maximum Gasteiger partial charge on any atom is 0.222 e. The molecule has 0 spiro atoms. The van der Waals surface area contributed by atoms with E-state index in [0.29, 0.717) is 12.4 Å². The highest BCUT2D eigenvalue weighted by molar-refractivity contribution is 5.81. The molecule has 0 aliphatic carbocycles.